The van der Waals surface area contributed by atoms with E-state index in [4.69, 9.17) is 0 Å². The maximum atomic E-state index is 10.9. The Morgan fingerprint density at radius 2 is 1.52 bits per heavy atom. The number of likely N-dealkylation sites (N-methyl/N-ethyl adjacent to an activating group) is 1. The molecule has 2 nitrogen and oxygen atoms in total. The lowest BCUT2D eigenvalue weighted by molar-refractivity contribution is 0.0473. The van der Waals surface area contributed by atoms with Crippen LogP contribution in [-0.4, -0.2) is 29.1 Å². The summed E-state index contributed by atoms with van der Waals surface area (Å²) in [7, 11) is 0. The van der Waals surface area contributed by atoms with E-state index in [0.29, 0.717) is 0 Å². The second-order valence-electron chi connectivity index (χ2n) is 7.25. The van der Waals surface area contributed by atoms with Crippen LogP contribution in [-0.2, 0) is 5.41 Å². The molecule has 0 heterocycles. The van der Waals surface area contributed by atoms with Gasteiger partial charge in [-0.1, -0.05) is 78.6 Å². The van der Waals surface area contributed by atoms with Gasteiger partial charge in [0, 0.05) is 6.04 Å². The van der Waals surface area contributed by atoms with Gasteiger partial charge in [-0.05, 0) is 36.1 Å². The fourth-order valence-electron chi connectivity index (χ4n) is 3.05. The lowest BCUT2D eigenvalue weighted by atomic mass is 9.85. The molecule has 1 N–H and O–H groups in total. The Morgan fingerprint density at radius 1 is 1.00 bits per heavy atom. The third-order valence-electron chi connectivity index (χ3n) is 4.62. The third-order valence-corrected chi connectivity index (χ3v) is 4.62. The van der Waals surface area contributed by atoms with E-state index in [2.05, 4.69) is 70.7 Å². The van der Waals surface area contributed by atoms with E-state index in [9.17, 15) is 5.11 Å². The average molecular weight is 342 g/mol. The molecule has 0 saturated heterocycles. The summed E-state index contributed by atoms with van der Waals surface area (Å²) < 4.78 is 0. The van der Waals surface area contributed by atoms with Crippen LogP contribution in [0.3, 0.4) is 0 Å². The molecular weight excluding hydrogens is 306 g/mol. The lowest BCUT2D eigenvalue weighted by Gasteiger charge is -2.34. The maximum absolute atomic E-state index is 10.9. The Labute approximate surface area is 149 Å². The fraction of sp³-hybridized carbons (Fsp3) is 0.700. The van der Waals surface area contributed by atoms with Crippen molar-refractivity contribution in [2.45, 2.75) is 78.4 Å². The topological polar surface area (TPSA) is 23.5 Å². The van der Waals surface area contributed by atoms with E-state index in [1.54, 1.807) is 0 Å². The molecule has 0 amide bonds. The molecule has 1 rings (SSSR count). The van der Waals surface area contributed by atoms with Crippen LogP contribution in [0, 0.1) is 0 Å². The molecule has 0 bridgehead atoms. The number of aliphatic hydroxyl groups is 1. The summed E-state index contributed by atoms with van der Waals surface area (Å²) in [5.41, 5.74) is 2.52. The Morgan fingerprint density at radius 3 is 1.91 bits per heavy atom. The normalized spacial score (nSPS) is 14.4. The summed E-state index contributed by atoms with van der Waals surface area (Å²) in [6.07, 6.45) is 2.99. The molecule has 0 aliphatic carbocycles. The van der Waals surface area contributed by atoms with Gasteiger partial charge in [0.2, 0.25) is 0 Å². The van der Waals surface area contributed by atoms with Crippen LogP contribution in [0.2, 0.25) is 0 Å². The van der Waals surface area contributed by atoms with Gasteiger partial charge in [-0.15, -0.1) is 12.4 Å². The summed E-state index contributed by atoms with van der Waals surface area (Å²) in [4.78, 5) is 2.39. The number of hydrogen-bond acceptors (Lipinski definition) is 2. The predicted molar refractivity (Wildman–Crippen MR) is 104 cm³/mol. The summed E-state index contributed by atoms with van der Waals surface area (Å²) in [5.74, 6) is 0. The highest BCUT2D eigenvalue weighted by Crippen LogP contribution is 2.28. The summed E-state index contributed by atoms with van der Waals surface area (Å²) in [6, 6.07) is 8.76. The van der Waals surface area contributed by atoms with Crippen molar-refractivity contribution >= 4 is 12.4 Å². The molecule has 2 atom stereocenters. The minimum atomic E-state index is -0.402. The van der Waals surface area contributed by atoms with Gasteiger partial charge in [0.1, 0.15) is 0 Å². The van der Waals surface area contributed by atoms with Crippen LogP contribution in [0.15, 0.2) is 24.3 Å². The molecule has 2 unspecified atom stereocenters. The van der Waals surface area contributed by atoms with E-state index in [-0.39, 0.29) is 23.9 Å². The van der Waals surface area contributed by atoms with Gasteiger partial charge in [0.25, 0.3) is 0 Å². The number of nitrogens with zero attached hydrogens (tertiary/aromatic N) is 1. The van der Waals surface area contributed by atoms with Crippen molar-refractivity contribution in [1.29, 1.82) is 0 Å². The number of halogens is 1. The lowest BCUT2D eigenvalue weighted by Crippen LogP contribution is -2.39. The van der Waals surface area contributed by atoms with Crippen LogP contribution < -0.4 is 0 Å². The summed E-state index contributed by atoms with van der Waals surface area (Å²) in [6.45, 7) is 15.2. The first kappa shape index (κ1) is 22.4. The molecule has 1 aromatic carbocycles. The Kier molecular flexibility index (Phi) is 10.1. The number of rotatable bonds is 8. The van der Waals surface area contributed by atoms with Crippen molar-refractivity contribution in [3.05, 3.63) is 35.4 Å². The number of benzene rings is 1. The molecule has 0 saturated carbocycles. The fourth-order valence-corrected chi connectivity index (χ4v) is 3.05. The van der Waals surface area contributed by atoms with E-state index in [1.165, 1.54) is 12.0 Å². The Bertz CT molecular complexity index is 420. The van der Waals surface area contributed by atoms with Crippen LogP contribution in [0.1, 0.15) is 78.0 Å². The van der Waals surface area contributed by atoms with Crippen molar-refractivity contribution in [3.63, 3.8) is 0 Å². The maximum Gasteiger partial charge on any atom is 0.0945 e. The molecule has 134 valence electrons. The highest BCUT2D eigenvalue weighted by Gasteiger charge is 2.25. The van der Waals surface area contributed by atoms with Crippen molar-refractivity contribution < 1.29 is 5.11 Å². The van der Waals surface area contributed by atoms with Crippen LogP contribution in [0.25, 0.3) is 0 Å². The SMILES string of the molecule is CCCCC(C(O)c1ccc(C(C)(C)C)cc1)N(CC)CC.Cl. The van der Waals surface area contributed by atoms with Gasteiger partial charge in [0.15, 0.2) is 0 Å². The Balaban J connectivity index is 0.00000484. The molecule has 0 aliphatic heterocycles. The molecule has 3 heteroatoms. The molecule has 23 heavy (non-hydrogen) atoms. The van der Waals surface area contributed by atoms with Crippen molar-refractivity contribution in [2.75, 3.05) is 13.1 Å². The zero-order chi connectivity index (χ0) is 16.8. The highest BCUT2D eigenvalue weighted by atomic mass is 35.5. The van der Waals surface area contributed by atoms with Gasteiger partial charge in [-0.25, -0.2) is 0 Å². The first-order chi connectivity index (χ1) is 10.3. The van der Waals surface area contributed by atoms with Crippen LogP contribution in [0.5, 0.6) is 0 Å². The molecule has 0 spiro atoms. The molecule has 0 aliphatic rings. The van der Waals surface area contributed by atoms with Crippen LogP contribution in [0.4, 0.5) is 0 Å². The highest BCUT2D eigenvalue weighted by molar-refractivity contribution is 5.85. The summed E-state index contributed by atoms with van der Waals surface area (Å²) in [5, 5.41) is 10.9. The summed E-state index contributed by atoms with van der Waals surface area (Å²) >= 11 is 0. The van der Waals surface area contributed by atoms with Gasteiger partial charge in [-0.2, -0.15) is 0 Å². The van der Waals surface area contributed by atoms with E-state index < -0.39 is 6.10 Å². The standard InChI is InChI=1S/C20H35NO.ClH/c1-7-10-11-18(21(8-2)9-3)19(22)16-12-14-17(15-13-16)20(4,5)6;/h12-15,18-19,22H,7-11H2,1-6H3;1H. The van der Waals surface area contributed by atoms with Crippen molar-refractivity contribution in [2.24, 2.45) is 0 Å². The minimum absolute atomic E-state index is 0. The second kappa shape index (κ2) is 10.3. The monoisotopic (exact) mass is 341 g/mol. The Hall–Kier alpha value is -0.570. The largest absolute Gasteiger partial charge is 0.387 e. The van der Waals surface area contributed by atoms with Gasteiger partial charge in [0.05, 0.1) is 6.10 Å². The molecule has 1 aromatic rings. The van der Waals surface area contributed by atoms with E-state index in [0.717, 1.165) is 31.5 Å². The smallest absolute Gasteiger partial charge is 0.0945 e. The van der Waals surface area contributed by atoms with Gasteiger partial charge in [-0.3, -0.25) is 4.90 Å². The van der Waals surface area contributed by atoms with E-state index >= 15 is 0 Å². The zero-order valence-electron chi connectivity index (χ0n) is 15.8. The molecule has 0 aromatic heterocycles. The molecule has 0 radical (unpaired) electrons. The first-order valence-corrected chi connectivity index (χ1v) is 8.87. The predicted octanol–water partition coefficient (Wildman–Crippen LogP) is 5.34. The first-order valence-electron chi connectivity index (χ1n) is 8.87. The molecule has 0 fully saturated rings. The number of hydrogen-bond donors (Lipinski definition) is 1. The molecular formula is C20H36ClNO. The minimum Gasteiger partial charge on any atom is -0.387 e. The number of unbranched alkanes of at least 4 members (excludes halogenated alkanes) is 1. The van der Waals surface area contributed by atoms with Gasteiger partial charge < -0.3 is 5.11 Å². The number of aliphatic hydroxyl groups excluding tert-OH is 1. The second-order valence-corrected chi connectivity index (χ2v) is 7.25. The van der Waals surface area contributed by atoms with Gasteiger partial charge >= 0.3 is 0 Å². The van der Waals surface area contributed by atoms with E-state index in [1.807, 2.05) is 0 Å². The zero-order valence-corrected chi connectivity index (χ0v) is 16.6. The average Bonchev–Trinajstić information content (AvgIpc) is 2.50. The third kappa shape index (κ3) is 6.45. The van der Waals surface area contributed by atoms with Crippen LogP contribution >= 0.6 is 12.4 Å². The van der Waals surface area contributed by atoms with Crippen molar-refractivity contribution in [1.82, 2.24) is 4.90 Å². The quantitative estimate of drug-likeness (QED) is 0.689. The van der Waals surface area contributed by atoms with Crippen molar-refractivity contribution in [3.8, 4) is 0 Å².